The third-order valence-corrected chi connectivity index (χ3v) is 5.05. The predicted octanol–water partition coefficient (Wildman–Crippen LogP) is 2.77. The number of piperidine rings is 1. The van der Waals surface area contributed by atoms with Gasteiger partial charge in [0.1, 0.15) is 5.82 Å². The first-order chi connectivity index (χ1) is 13.2. The largest absolute Gasteiger partial charge is 0.493 e. The van der Waals surface area contributed by atoms with Gasteiger partial charge in [0.15, 0.2) is 17.1 Å². The summed E-state index contributed by atoms with van der Waals surface area (Å²) in [4.78, 5) is 15.0. The van der Waals surface area contributed by atoms with Crippen molar-refractivity contribution in [2.24, 2.45) is 0 Å². The molecule has 7 nitrogen and oxygen atoms in total. The van der Waals surface area contributed by atoms with E-state index in [2.05, 4.69) is 10.2 Å². The Morgan fingerprint density at radius 2 is 2.00 bits per heavy atom. The number of ether oxygens (including phenoxy) is 2. The highest BCUT2D eigenvalue weighted by molar-refractivity contribution is 5.98. The van der Waals surface area contributed by atoms with Crippen LogP contribution in [-0.4, -0.2) is 52.7 Å². The molecule has 2 aromatic heterocycles. The number of benzene rings is 1. The van der Waals surface area contributed by atoms with Gasteiger partial charge in [0.05, 0.1) is 19.8 Å². The minimum absolute atomic E-state index is 0.0516. The van der Waals surface area contributed by atoms with Crippen molar-refractivity contribution in [2.75, 3.05) is 27.3 Å². The first-order valence-corrected chi connectivity index (χ1v) is 9.03. The van der Waals surface area contributed by atoms with E-state index in [1.807, 2.05) is 39.8 Å². The molecule has 1 aliphatic heterocycles. The SMILES string of the molecule is COc1cccc(C(=O)N2CCCC(c3nnc4ccccn34)C2)c1OC. The standard InChI is InChI=1S/C20H22N4O3/c1-26-16-9-5-8-15(18(16)27-2)20(25)23-11-6-7-14(13-23)19-22-21-17-10-3-4-12-24(17)19/h3-5,8-10,12,14H,6-7,11,13H2,1-2H3. The maximum Gasteiger partial charge on any atom is 0.257 e. The molecule has 0 aliphatic carbocycles. The van der Waals surface area contributed by atoms with Crippen LogP contribution in [0.5, 0.6) is 11.5 Å². The summed E-state index contributed by atoms with van der Waals surface area (Å²) in [7, 11) is 3.12. The van der Waals surface area contributed by atoms with Crippen molar-refractivity contribution < 1.29 is 14.3 Å². The summed E-state index contributed by atoms with van der Waals surface area (Å²) in [6.07, 6.45) is 3.87. The molecule has 3 heterocycles. The second-order valence-corrected chi connectivity index (χ2v) is 6.62. The van der Waals surface area contributed by atoms with E-state index < -0.39 is 0 Å². The van der Waals surface area contributed by atoms with Gasteiger partial charge in [0, 0.05) is 25.2 Å². The molecule has 7 heteroatoms. The van der Waals surface area contributed by atoms with Gasteiger partial charge in [-0.25, -0.2) is 0 Å². The normalized spacial score (nSPS) is 17.1. The molecule has 4 rings (SSSR count). The van der Waals surface area contributed by atoms with Crippen molar-refractivity contribution in [3.8, 4) is 11.5 Å². The highest BCUT2D eigenvalue weighted by Crippen LogP contribution is 2.33. The molecule has 1 aromatic carbocycles. The second-order valence-electron chi connectivity index (χ2n) is 6.62. The van der Waals surface area contributed by atoms with Crippen LogP contribution in [0.25, 0.3) is 5.65 Å². The Balaban J connectivity index is 1.61. The fraction of sp³-hybridized carbons (Fsp3) is 0.350. The molecule has 0 bridgehead atoms. The molecule has 1 aliphatic rings. The Hall–Kier alpha value is -3.09. The third kappa shape index (κ3) is 3.09. The average molecular weight is 366 g/mol. The number of nitrogens with zero attached hydrogens (tertiary/aromatic N) is 4. The molecular weight excluding hydrogens is 344 g/mol. The van der Waals surface area contributed by atoms with Gasteiger partial charge in [0.2, 0.25) is 0 Å². The Labute approximate surface area is 157 Å². The van der Waals surface area contributed by atoms with E-state index in [1.54, 1.807) is 26.4 Å². The van der Waals surface area contributed by atoms with Crippen molar-refractivity contribution in [3.63, 3.8) is 0 Å². The molecule has 27 heavy (non-hydrogen) atoms. The predicted molar refractivity (Wildman–Crippen MR) is 100 cm³/mol. The summed E-state index contributed by atoms with van der Waals surface area (Å²) in [5.74, 6) is 2.03. The van der Waals surface area contributed by atoms with Gasteiger partial charge in [-0.2, -0.15) is 0 Å². The van der Waals surface area contributed by atoms with Crippen LogP contribution in [0.2, 0.25) is 0 Å². The van der Waals surface area contributed by atoms with Crippen molar-refractivity contribution in [2.45, 2.75) is 18.8 Å². The van der Waals surface area contributed by atoms with Crippen LogP contribution in [-0.2, 0) is 0 Å². The minimum Gasteiger partial charge on any atom is -0.493 e. The first kappa shape index (κ1) is 17.3. The van der Waals surface area contributed by atoms with E-state index in [4.69, 9.17) is 9.47 Å². The lowest BCUT2D eigenvalue weighted by Gasteiger charge is -2.32. The summed E-state index contributed by atoms with van der Waals surface area (Å²) in [6, 6.07) is 11.2. The van der Waals surface area contributed by atoms with E-state index in [9.17, 15) is 4.79 Å². The molecule has 1 saturated heterocycles. The fourth-order valence-electron chi connectivity index (χ4n) is 3.74. The van der Waals surface area contributed by atoms with E-state index in [0.717, 1.165) is 24.3 Å². The van der Waals surface area contributed by atoms with Crippen LogP contribution in [0.3, 0.4) is 0 Å². The van der Waals surface area contributed by atoms with E-state index >= 15 is 0 Å². The molecule has 0 radical (unpaired) electrons. The number of fused-ring (bicyclic) bond motifs is 1. The highest BCUT2D eigenvalue weighted by atomic mass is 16.5. The first-order valence-electron chi connectivity index (χ1n) is 9.03. The quantitative estimate of drug-likeness (QED) is 0.710. The van der Waals surface area contributed by atoms with Crippen LogP contribution in [0.15, 0.2) is 42.6 Å². The van der Waals surface area contributed by atoms with Crippen LogP contribution >= 0.6 is 0 Å². The molecule has 0 saturated carbocycles. The average Bonchev–Trinajstić information content (AvgIpc) is 3.16. The monoisotopic (exact) mass is 366 g/mol. The number of hydrogen-bond donors (Lipinski definition) is 0. The molecular formula is C20H22N4O3. The highest BCUT2D eigenvalue weighted by Gasteiger charge is 2.30. The van der Waals surface area contributed by atoms with Gasteiger partial charge in [0.25, 0.3) is 5.91 Å². The van der Waals surface area contributed by atoms with Gasteiger partial charge >= 0.3 is 0 Å². The topological polar surface area (TPSA) is 69.0 Å². The van der Waals surface area contributed by atoms with Gasteiger partial charge in [-0.05, 0) is 37.1 Å². The van der Waals surface area contributed by atoms with Crippen LogP contribution < -0.4 is 9.47 Å². The Morgan fingerprint density at radius 3 is 2.81 bits per heavy atom. The fourth-order valence-corrected chi connectivity index (χ4v) is 3.74. The second kappa shape index (κ2) is 7.26. The Morgan fingerprint density at radius 1 is 1.11 bits per heavy atom. The molecule has 1 fully saturated rings. The number of para-hydroxylation sites is 1. The molecule has 0 N–H and O–H groups in total. The smallest absolute Gasteiger partial charge is 0.257 e. The zero-order valence-electron chi connectivity index (χ0n) is 15.5. The number of methoxy groups -OCH3 is 2. The molecule has 140 valence electrons. The van der Waals surface area contributed by atoms with E-state index in [1.165, 1.54) is 0 Å². The zero-order valence-corrected chi connectivity index (χ0v) is 15.5. The number of hydrogen-bond acceptors (Lipinski definition) is 5. The van der Waals surface area contributed by atoms with Crippen molar-refractivity contribution in [1.29, 1.82) is 0 Å². The molecule has 1 amide bonds. The van der Waals surface area contributed by atoms with E-state index in [-0.39, 0.29) is 11.8 Å². The van der Waals surface area contributed by atoms with Gasteiger partial charge in [-0.1, -0.05) is 12.1 Å². The maximum atomic E-state index is 13.2. The molecule has 3 aromatic rings. The van der Waals surface area contributed by atoms with Crippen LogP contribution in [0.1, 0.15) is 34.9 Å². The maximum absolute atomic E-state index is 13.2. The van der Waals surface area contributed by atoms with Crippen LogP contribution in [0.4, 0.5) is 0 Å². The lowest BCUT2D eigenvalue weighted by molar-refractivity contribution is 0.0700. The number of amides is 1. The van der Waals surface area contributed by atoms with Gasteiger partial charge in [-0.15, -0.1) is 10.2 Å². The number of likely N-dealkylation sites (tertiary alicyclic amines) is 1. The lowest BCUT2D eigenvalue weighted by atomic mass is 9.96. The molecule has 0 spiro atoms. The summed E-state index contributed by atoms with van der Waals surface area (Å²) in [6.45, 7) is 1.32. The molecule has 1 atom stereocenters. The Bertz CT molecular complexity index is 969. The summed E-state index contributed by atoms with van der Waals surface area (Å²) < 4.78 is 12.8. The number of carbonyl (C=O) groups excluding carboxylic acids is 1. The third-order valence-electron chi connectivity index (χ3n) is 5.05. The van der Waals surface area contributed by atoms with E-state index in [0.29, 0.717) is 30.2 Å². The van der Waals surface area contributed by atoms with Crippen LogP contribution in [0, 0.1) is 0 Å². The van der Waals surface area contributed by atoms with Gasteiger partial charge < -0.3 is 14.4 Å². The number of aromatic nitrogens is 3. The number of carbonyl (C=O) groups is 1. The van der Waals surface area contributed by atoms with Crippen molar-refractivity contribution in [3.05, 3.63) is 54.0 Å². The van der Waals surface area contributed by atoms with Gasteiger partial charge in [-0.3, -0.25) is 9.20 Å². The zero-order chi connectivity index (χ0) is 18.8. The summed E-state index contributed by atoms with van der Waals surface area (Å²) in [5.41, 5.74) is 1.34. The minimum atomic E-state index is -0.0516. The van der Waals surface area contributed by atoms with Crippen molar-refractivity contribution >= 4 is 11.6 Å². The van der Waals surface area contributed by atoms with Crippen molar-refractivity contribution in [1.82, 2.24) is 19.5 Å². The summed E-state index contributed by atoms with van der Waals surface area (Å²) in [5, 5.41) is 8.62. The molecule has 1 unspecified atom stereocenters. The number of pyridine rings is 1. The lowest BCUT2D eigenvalue weighted by Crippen LogP contribution is -2.39. The summed E-state index contributed by atoms with van der Waals surface area (Å²) >= 11 is 0. The number of rotatable bonds is 4. The Kier molecular flexibility index (Phi) is 4.66.